The number of amides is 1. The molecule has 1 N–H and O–H groups in total. The molecule has 0 fully saturated rings. The number of fused-ring (bicyclic) bond motifs is 1. The second-order valence-electron chi connectivity index (χ2n) is 7.37. The van der Waals surface area contributed by atoms with E-state index >= 15 is 0 Å². The van der Waals surface area contributed by atoms with Gasteiger partial charge in [-0.1, -0.05) is 60.6 Å². The molecule has 1 aliphatic carbocycles. The van der Waals surface area contributed by atoms with Gasteiger partial charge in [0.15, 0.2) is 0 Å². The molecule has 4 nitrogen and oxygen atoms in total. The first-order chi connectivity index (χ1) is 14.8. The molecule has 7 heteroatoms. The molecule has 1 aliphatic rings. The molecule has 0 saturated carbocycles. The Bertz CT molecular complexity index is 1300. The number of carbonyl (C=O) groups excluding carboxylic acids is 2. The van der Waals surface area contributed by atoms with Crippen LogP contribution in [0, 0.1) is 12.8 Å². The predicted molar refractivity (Wildman–Crippen MR) is 130 cm³/mol. The van der Waals surface area contributed by atoms with Crippen LogP contribution >= 0.6 is 35.4 Å². The van der Waals surface area contributed by atoms with Crippen molar-refractivity contribution in [2.24, 2.45) is 5.92 Å². The van der Waals surface area contributed by atoms with E-state index in [0.29, 0.717) is 31.7 Å². The van der Waals surface area contributed by atoms with Gasteiger partial charge in [0.05, 0.1) is 26.7 Å². The van der Waals surface area contributed by atoms with E-state index in [1.165, 1.54) is 0 Å². The summed E-state index contributed by atoms with van der Waals surface area (Å²) in [7, 11) is 0. The molecule has 0 aliphatic heterocycles. The molecule has 1 atom stereocenters. The molecule has 0 saturated heterocycles. The summed E-state index contributed by atoms with van der Waals surface area (Å²) in [4.78, 5) is 26.5. The van der Waals surface area contributed by atoms with Crippen molar-refractivity contribution in [3.63, 3.8) is 0 Å². The summed E-state index contributed by atoms with van der Waals surface area (Å²) in [5, 5.41) is 4.29. The molecule has 1 heterocycles. The van der Waals surface area contributed by atoms with Crippen LogP contribution in [0.5, 0.6) is 0 Å². The van der Waals surface area contributed by atoms with E-state index in [0.717, 1.165) is 11.1 Å². The van der Waals surface area contributed by atoms with E-state index in [2.05, 4.69) is 5.32 Å². The van der Waals surface area contributed by atoms with Crippen molar-refractivity contribution in [3.05, 3.63) is 87.6 Å². The summed E-state index contributed by atoms with van der Waals surface area (Å²) in [5.74, 6) is -0.517. The number of hydrogen-bond donors (Lipinski definition) is 1. The maximum absolute atomic E-state index is 13.2. The van der Waals surface area contributed by atoms with Gasteiger partial charge in [-0.25, -0.2) is 0 Å². The first kappa shape index (κ1) is 21.5. The van der Waals surface area contributed by atoms with Gasteiger partial charge in [-0.2, -0.15) is 0 Å². The smallest absolute Gasteiger partial charge is 0.265 e. The molecule has 1 unspecified atom stereocenters. The van der Waals surface area contributed by atoms with Crippen LogP contribution in [0.25, 0.3) is 10.9 Å². The van der Waals surface area contributed by atoms with Crippen LogP contribution in [0.4, 0.5) is 5.69 Å². The fourth-order valence-electron chi connectivity index (χ4n) is 3.63. The number of thiocarbonyl (C=S) groups is 1. The van der Waals surface area contributed by atoms with E-state index in [-0.39, 0.29) is 23.3 Å². The van der Waals surface area contributed by atoms with Gasteiger partial charge < -0.3 is 5.32 Å². The number of hydrogen-bond acceptors (Lipinski definition) is 3. The average molecular weight is 469 g/mol. The lowest BCUT2D eigenvalue weighted by atomic mass is 9.95. The summed E-state index contributed by atoms with van der Waals surface area (Å²) >= 11 is 17.9. The highest BCUT2D eigenvalue weighted by Crippen LogP contribution is 2.30. The Morgan fingerprint density at radius 3 is 2.52 bits per heavy atom. The van der Waals surface area contributed by atoms with Gasteiger partial charge >= 0.3 is 0 Å². The summed E-state index contributed by atoms with van der Waals surface area (Å²) in [6, 6.07) is 12.2. The standard InChI is InChI=1S/C24H18Cl2N2O2S/c1-13-5-3-6-17(22(13)31)23(29)27-16-9-10-20-15(12-16)11-14(2)28(20)24(30)21-18(25)7-4-8-19(21)26/h3-13H,1-2H3,(H,27,29). The van der Waals surface area contributed by atoms with E-state index in [1.54, 1.807) is 41.0 Å². The molecule has 1 aromatic heterocycles. The van der Waals surface area contributed by atoms with Crippen LogP contribution in [-0.4, -0.2) is 21.2 Å². The Labute approximate surface area is 195 Å². The number of carbonyl (C=O) groups is 2. The minimum absolute atomic E-state index is 0.0440. The number of aromatic nitrogens is 1. The molecule has 0 spiro atoms. The third-order valence-corrected chi connectivity index (χ3v) is 6.43. The number of benzene rings is 2. The molecule has 0 radical (unpaired) electrons. The minimum atomic E-state index is -0.307. The lowest BCUT2D eigenvalue weighted by Gasteiger charge is -2.16. The molecule has 0 bridgehead atoms. The van der Waals surface area contributed by atoms with Crippen LogP contribution < -0.4 is 5.32 Å². The largest absolute Gasteiger partial charge is 0.322 e. The van der Waals surface area contributed by atoms with Crippen LogP contribution in [0.15, 0.2) is 66.3 Å². The van der Waals surface area contributed by atoms with Crippen molar-refractivity contribution in [1.82, 2.24) is 4.57 Å². The van der Waals surface area contributed by atoms with Crippen molar-refractivity contribution in [1.29, 1.82) is 0 Å². The first-order valence-electron chi connectivity index (χ1n) is 9.63. The van der Waals surface area contributed by atoms with Crippen LogP contribution in [0.1, 0.15) is 23.0 Å². The molecular formula is C24H18Cl2N2O2S. The van der Waals surface area contributed by atoms with Gasteiger partial charge in [-0.05, 0) is 49.4 Å². The summed E-state index contributed by atoms with van der Waals surface area (Å²) < 4.78 is 1.57. The van der Waals surface area contributed by atoms with Crippen molar-refractivity contribution < 1.29 is 9.59 Å². The van der Waals surface area contributed by atoms with Gasteiger partial charge in [0.1, 0.15) is 0 Å². The van der Waals surface area contributed by atoms with Crippen LogP contribution in [0.2, 0.25) is 10.0 Å². The van der Waals surface area contributed by atoms with E-state index in [4.69, 9.17) is 35.4 Å². The highest BCUT2D eigenvalue weighted by Gasteiger charge is 2.22. The van der Waals surface area contributed by atoms with Gasteiger partial charge in [0.25, 0.3) is 11.8 Å². The average Bonchev–Trinajstić information content (AvgIpc) is 3.04. The Hall–Kier alpha value is -2.73. The molecule has 2 aromatic carbocycles. The predicted octanol–water partition coefficient (Wildman–Crippen LogP) is 6.39. The van der Waals surface area contributed by atoms with E-state index in [1.807, 2.05) is 38.1 Å². The van der Waals surface area contributed by atoms with E-state index in [9.17, 15) is 9.59 Å². The fourth-order valence-corrected chi connectivity index (χ4v) is 4.43. The van der Waals surface area contributed by atoms with Gasteiger partial charge in [0.2, 0.25) is 0 Å². The summed E-state index contributed by atoms with van der Waals surface area (Å²) in [5.41, 5.74) is 2.78. The Morgan fingerprint density at radius 1 is 1.10 bits per heavy atom. The van der Waals surface area contributed by atoms with Gasteiger partial charge in [-0.15, -0.1) is 0 Å². The second kappa shape index (κ2) is 8.42. The van der Waals surface area contributed by atoms with Crippen molar-refractivity contribution >= 4 is 68.7 Å². The summed E-state index contributed by atoms with van der Waals surface area (Å²) in [6.45, 7) is 3.79. The van der Waals surface area contributed by atoms with E-state index < -0.39 is 0 Å². The zero-order valence-corrected chi connectivity index (χ0v) is 19.1. The second-order valence-corrected chi connectivity index (χ2v) is 8.62. The SMILES string of the molecule is Cc1cc2cc(NC(=O)C3=CC=CC(C)C3=S)ccc2n1C(=O)c1c(Cl)cccc1Cl. The monoisotopic (exact) mass is 468 g/mol. The number of halogens is 2. The first-order valence-corrected chi connectivity index (χ1v) is 10.8. The quantitative estimate of drug-likeness (QED) is 0.453. The molecule has 31 heavy (non-hydrogen) atoms. The number of aryl methyl sites for hydroxylation is 1. The number of anilines is 1. The maximum Gasteiger partial charge on any atom is 0.265 e. The normalized spacial score (nSPS) is 15.8. The molecule has 3 aromatic rings. The zero-order valence-electron chi connectivity index (χ0n) is 16.8. The highest BCUT2D eigenvalue weighted by molar-refractivity contribution is 7.81. The molecular weight excluding hydrogens is 451 g/mol. The minimum Gasteiger partial charge on any atom is -0.322 e. The van der Waals surface area contributed by atoms with Crippen molar-refractivity contribution in [3.8, 4) is 0 Å². The number of nitrogens with one attached hydrogen (secondary N) is 1. The van der Waals surface area contributed by atoms with Crippen LogP contribution in [0.3, 0.4) is 0 Å². The topological polar surface area (TPSA) is 51.1 Å². The fraction of sp³-hybridized carbons (Fsp3) is 0.125. The third kappa shape index (κ3) is 3.97. The summed E-state index contributed by atoms with van der Waals surface area (Å²) in [6.07, 6.45) is 5.52. The number of rotatable bonds is 3. The maximum atomic E-state index is 13.2. The molecule has 1 amide bonds. The third-order valence-electron chi connectivity index (χ3n) is 5.21. The lowest BCUT2D eigenvalue weighted by Crippen LogP contribution is -2.24. The Morgan fingerprint density at radius 2 is 1.81 bits per heavy atom. The van der Waals surface area contributed by atoms with Gasteiger partial charge in [-0.3, -0.25) is 14.2 Å². The van der Waals surface area contributed by atoms with Crippen molar-refractivity contribution in [2.75, 3.05) is 5.32 Å². The molecule has 156 valence electrons. The van der Waals surface area contributed by atoms with Crippen LogP contribution in [-0.2, 0) is 4.79 Å². The zero-order chi connectivity index (χ0) is 22.3. The number of allylic oxidation sites excluding steroid dienone is 3. The Balaban J connectivity index is 1.67. The lowest BCUT2D eigenvalue weighted by molar-refractivity contribution is -0.112. The van der Waals surface area contributed by atoms with Crippen molar-refractivity contribution in [2.45, 2.75) is 13.8 Å². The van der Waals surface area contributed by atoms with Gasteiger partial charge in [0, 0.05) is 27.6 Å². The molecule has 4 rings (SSSR count). The Kier molecular flexibility index (Phi) is 5.84. The highest BCUT2D eigenvalue weighted by atomic mass is 35.5. The number of nitrogens with zero attached hydrogens (tertiary/aromatic N) is 1.